The van der Waals surface area contributed by atoms with Gasteiger partial charge in [0.05, 0.1) is 6.10 Å². The van der Waals surface area contributed by atoms with Crippen molar-refractivity contribution in [2.24, 2.45) is 11.7 Å². The molecule has 0 aliphatic heterocycles. The Labute approximate surface area is 71.1 Å². The summed E-state index contributed by atoms with van der Waals surface area (Å²) in [6.45, 7) is 1.95. The van der Waals surface area contributed by atoms with Crippen LogP contribution in [-0.4, -0.2) is 29.0 Å². The van der Waals surface area contributed by atoms with Gasteiger partial charge in [-0.05, 0) is 25.8 Å². The summed E-state index contributed by atoms with van der Waals surface area (Å²) >= 11 is 0. The smallest absolute Gasteiger partial charge is 0.303 e. The molecule has 4 N–H and O–H groups in total. The van der Waals surface area contributed by atoms with E-state index in [2.05, 4.69) is 4.89 Å². The van der Waals surface area contributed by atoms with Crippen molar-refractivity contribution in [1.82, 2.24) is 0 Å². The van der Waals surface area contributed by atoms with Crippen LogP contribution in [0.15, 0.2) is 0 Å². The van der Waals surface area contributed by atoms with Crippen molar-refractivity contribution in [3.05, 3.63) is 0 Å². The molecule has 0 saturated heterocycles. The molecule has 0 aliphatic rings. The first-order valence-electron chi connectivity index (χ1n) is 3.82. The number of carboxylic acids is 1. The maximum atomic E-state index is 10.3. The maximum absolute atomic E-state index is 10.3. The number of carboxylic acid groups (broad SMARTS) is 1. The Morgan fingerprint density at radius 3 is 2.58 bits per heavy atom. The quantitative estimate of drug-likeness (QED) is 0.401. The van der Waals surface area contributed by atoms with Gasteiger partial charge in [-0.2, -0.15) is 0 Å². The van der Waals surface area contributed by atoms with E-state index in [4.69, 9.17) is 16.1 Å². The number of hydrogen-bond acceptors (Lipinski definition) is 4. The zero-order valence-electron chi connectivity index (χ0n) is 7.06. The molecule has 0 aliphatic carbocycles. The third-order valence-electron chi connectivity index (χ3n) is 1.64. The Hall–Kier alpha value is -0.650. The number of rotatable bonds is 6. The van der Waals surface area contributed by atoms with Crippen LogP contribution in [0, 0.1) is 5.92 Å². The molecule has 0 aromatic heterocycles. The first-order valence-corrected chi connectivity index (χ1v) is 3.82. The molecule has 0 aromatic carbocycles. The number of aliphatic carboxylic acids is 1. The topological polar surface area (TPSA) is 92.8 Å². The van der Waals surface area contributed by atoms with Crippen molar-refractivity contribution in [3.8, 4) is 0 Å². The average Bonchev–Trinajstić information content (AvgIpc) is 2.02. The van der Waals surface area contributed by atoms with E-state index in [0.717, 1.165) is 0 Å². The number of hydrogen-bond donors (Lipinski definition) is 3. The Kier molecular flexibility index (Phi) is 5.61. The lowest BCUT2D eigenvalue weighted by Crippen LogP contribution is -2.23. The van der Waals surface area contributed by atoms with Crippen LogP contribution in [0.4, 0.5) is 0 Å². The van der Waals surface area contributed by atoms with E-state index >= 15 is 0 Å². The fraction of sp³-hybridized carbons (Fsp3) is 0.857. The Morgan fingerprint density at radius 1 is 1.67 bits per heavy atom. The summed E-state index contributed by atoms with van der Waals surface area (Å²) in [5.74, 6) is -1.01. The van der Waals surface area contributed by atoms with E-state index in [-0.39, 0.29) is 18.4 Å². The maximum Gasteiger partial charge on any atom is 0.303 e. The average molecular weight is 177 g/mol. The van der Waals surface area contributed by atoms with Crippen LogP contribution >= 0.6 is 0 Å². The van der Waals surface area contributed by atoms with Gasteiger partial charge in [-0.1, -0.05) is 0 Å². The van der Waals surface area contributed by atoms with Gasteiger partial charge in [0.15, 0.2) is 0 Å². The molecule has 0 heterocycles. The molecule has 0 bridgehead atoms. The lowest BCUT2D eigenvalue weighted by Gasteiger charge is -2.14. The summed E-state index contributed by atoms with van der Waals surface area (Å²) in [5, 5.41) is 16.7. The van der Waals surface area contributed by atoms with E-state index in [1.807, 2.05) is 0 Å². The minimum atomic E-state index is -0.879. The van der Waals surface area contributed by atoms with Gasteiger partial charge in [0.25, 0.3) is 0 Å². The normalized spacial score (nSPS) is 15.6. The Morgan fingerprint density at radius 2 is 2.25 bits per heavy atom. The molecule has 0 radical (unpaired) electrons. The van der Waals surface area contributed by atoms with Crippen molar-refractivity contribution in [3.63, 3.8) is 0 Å². The monoisotopic (exact) mass is 177 g/mol. The minimum Gasteiger partial charge on any atom is -0.481 e. The molecular formula is C7H15NO4. The molecule has 5 nitrogen and oxygen atoms in total. The molecule has 0 rings (SSSR count). The molecule has 0 spiro atoms. The summed E-state index contributed by atoms with van der Waals surface area (Å²) in [6, 6.07) is 0. The van der Waals surface area contributed by atoms with Crippen LogP contribution in [0.25, 0.3) is 0 Å². The highest BCUT2D eigenvalue weighted by molar-refractivity contribution is 5.67. The van der Waals surface area contributed by atoms with Crippen LogP contribution in [-0.2, 0) is 9.68 Å². The van der Waals surface area contributed by atoms with Crippen LogP contribution in [0.1, 0.15) is 19.8 Å². The van der Waals surface area contributed by atoms with Crippen molar-refractivity contribution in [2.45, 2.75) is 25.9 Å². The highest BCUT2D eigenvalue weighted by Crippen LogP contribution is 2.11. The van der Waals surface area contributed by atoms with E-state index in [1.54, 1.807) is 6.92 Å². The van der Waals surface area contributed by atoms with E-state index in [1.165, 1.54) is 0 Å². The lowest BCUT2D eigenvalue weighted by molar-refractivity contribution is -0.276. The van der Waals surface area contributed by atoms with Gasteiger partial charge in [-0.15, -0.1) is 0 Å². The Bertz CT molecular complexity index is 139. The van der Waals surface area contributed by atoms with E-state index < -0.39 is 5.97 Å². The lowest BCUT2D eigenvalue weighted by atomic mass is 9.99. The first-order chi connectivity index (χ1) is 5.60. The van der Waals surface area contributed by atoms with Crippen LogP contribution < -0.4 is 5.73 Å². The van der Waals surface area contributed by atoms with Crippen LogP contribution in [0.5, 0.6) is 0 Å². The van der Waals surface area contributed by atoms with Gasteiger partial charge in [-0.25, -0.2) is 4.89 Å². The molecule has 0 fully saturated rings. The number of carbonyl (C=O) groups is 1. The van der Waals surface area contributed by atoms with Gasteiger partial charge >= 0.3 is 5.97 Å². The van der Waals surface area contributed by atoms with Crippen LogP contribution in [0.3, 0.4) is 0 Å². The van der Waals surface area contributed by atoms with Gasteiger partial charge in [0, 0.05) is 6.42 Å². The predicted molar refractivity (Wildman–Crippen MR) is 42.6 cm³/mol. The standard InChI is InChI=1S/C7H15NO4/c1-5(12-11)2-6(4-8)3-7(9)10/h5-6,11H,2-4,8H2,1H3,(H,9,10). The van der Waals surface area contributed by atoms with E-state index in [9.17, 15) is 4.79 Å². The molecular weight excluding hydrogens is 162 g/mol. The second kappa shape index (κ2) is 5.93. The molecule has 2 atom stereocenters. The summed E-state index contributed by atoms with van der Waals surface area (Å²) in [6.07, 6.45) is 0.113. The third kappa shape index (κ3) is 5.06. The highest BCUT2D eigenvalue weighted by atomic mass is 17.1. The molecule has 2 unspecified atom stereocenters. The molecule has 12 heavy (non-hydrogen) atoms. The van der Waals surface area contributed by atoms with Gasteiger partial charge in [-0.3, -0.25) is 10.1 Å². The summed E-state index contributed by atoms with van der Waals surface area (Å²) in [4.78, 5) is 14.3. The second-order valence-corrected chi connectivity index (χ2v) is 2.85. The zero-order chi connectivity index (χ0) is 9.56. The molecule has 0 aromatic rings. The van der Waals surface area contributed by atoms with Crippen molar-refractivity contribution < 1.29 is 20.0 Å². The van der Waals surface area contributed by atoms with Crippen molar-refractivity contribution in [2.75, 3.05) is 6.54 Å². The largest absolute Gasteiger partial charge is 0.481 e. The summed E-state index contributed by atoms with van der Waals surface area (Å²) < 4.78 is 0. The van der Waals surface area contributed by atoms with Crippen molar-refractivity contribution in [1.29, 1.82) is 0 Å². The predicted octanol–water partition coefficient (Wildman–Crippen LogP) is 0.304. The van der Waals surface area contributed by atoms with Gasteiger partial charge in [0.1, 0.15) is 0 Å². The fourth-order valence-electron chi connectivity index (χ4n) is 1.02. The van der Waals surface area contributed by atoms with Gasteiger partial charge in [0.2, 0.25) is 0 Å². The summed E-state index contributed by atoms with van der Waals surface area (Å²) in [7, 11) is 0. The molecule has 0 saturated carbocycles. The Balaban J connectivity index is 3.74. The molecule has 0 amide bonds. The molecule has 72 valence electrons. The van der Waals surface area contributed by atoms with Crippen LogP contribution in [0.2, 0.25) is 0 Å². The van der Waals surface area contributed by atoms with E-state index in [0.29, 0.717) is 13.0 Å². The minimum absolute atomic E-state index is 0.0181. The molecule has 5 heteroatoms. The SMILES string of the molecule is CC(CC(CN)CC(=O)O)OO. The fourth-order valence-corrected chi connectivity index (χ4v) is 1.02. The first kappa shape index (κ1) is 11.4. The number of nitrogens with two attached hydrogens (primary N) is 1. The highest BCUT2D eigenvalue weighted by Gasteiger charge is 2.15. The van der Waals surface area contributed by atoms with Gasteiger partial charge < -0.3 is 10.8 Å². The zero-order valence-corrected chi connectivity index (χ0v) is 7.06. The van der Waals surface area contributed by atoms with Crippen molar-refractivity contribution >= 4 is 5.97 Å². The summed E-state index contributed by atoms with van der Waals surface area (Å²) in [5.41, 5.74) is 5.32. The second-order valence-electron chi connectivity index (χ2n) is 2.85. The third-order valence-corrected chi connectivity index (χ3v) is 1.64.